The first kappa shape index (κ1) is 16.4. The van der Waals surface area contributed by atoms with Crippen LogP contribution in [-0.4, -0.2) is 0 Å². The van der Waals surface area contributed by atoms with Gasteiger partial charge in [-0.15, -0.1) is 0 Å². The first-order chi connectivity index (χ1) is 10.1. The van der Waals surface area contributed by atoms with Gasteiger partial charge in [0.05, 0.1) is 0 Å². The molecule has 0 heterocycles. The SMILES string of the molecule is CCCC(N[C@H](C)c1ccccc1Cl)c1ccc(Cl)cc1. The summed E-state index contributed by atoms with van der Waals surface area (Å²) in [5, 5.41) is 5.26. The Morgan fingerprint density at radius 3 is 2.29 bits per heavy atom. The van der Waals surface area contributed by atoms with Gasteiger partial charge in [-0.2, -0.15) is 0 Å². The van der Waals surface area contributed by atoms with Crippen LogP contribution in [0.2, 0.25) is 10.0 Å². The van der Waals surface area contributed by atoms with E-state index in [4.69, 9.17) is 23.2 Å². The summed E-state index contributed by atoms with van der Waals surface area (Å²) in [5.74, 6) is 0. The maximum Gasteiger partial charge on any atom is 0.0453 e. The van der Waals surface area contributed by atoms with Crippen molar-refractivity contribution in [2.24, 2.45) is 0 Å². The maximum atomic E-state index is 6.29. The Kier molecular flexibility index (Phi) is 6.10. The highest BCUT2D eigenvalue weighted by Crippen LogP contribution is 2.27. The van der Waals surface area contributed by atoms with Gasteiger partial charge in [-0.1, -0.05) is 66.9 Å². The van der Waals surface area contributed by atoms with E-state index in [9.17, 15) is 0 Å². The zero-order valence-corrected chi connectivity index (χ0v) is 14.0. The quantitative estimate of drug-likeness (QED) is 0.669. The second kappa shape index (κ2) is 7.84. The van der Waals surface area contributed by atoms with Crippen molar-refractivity contribution < 1.29 is 0 Å². The highest BCUT2D eigenvalue weighted by molar-refractivity contribution is 6.31. The van der Waals surface area contributed by atoms with Crippen LogP contribution in [-0.2, 0) is 0 Å². The average Bonchev–Trinajstić information content (AvgIpc) is 2.48. The first-order valence-electron chi connectivity index (χ1n) is 7.37. The molecule has 0 radical (unpaired) electrons. The molecule has 0 bridgehead atoms. The second-order valence-corrected chi connectivity index (χ2v) is 6.15. The first-order valence-corrected chi connectivity index (χ1v) is 8.13. The maximum absolute atomic E-state index is 6.29. The van der Waals surface area contributed by atoms with Crippen molar-refractivity contribution >= 4 is 23.2 Å². The summed E-state index contributed by atoms with van der Waals surface area (Å²) < 4.78 is 0. The topological polar surface area (TPSA) is 12.0 Å². The van der Waals surface area contributed by atoms with Crippen molar-refractivity contribution in [1.29, 1.82) is 0 Å². The van der Waals surface area contributed by atoms with Crippen molar-refractivity contribution in [3.63, 3.8) is 0 Å². The Labute approximate surface area is 137 Å². The van der Waals surface area contributed by atoms with Crippen molar-refractivity contribution in [1.82, 2.24) is 5.32 Å². The van der Waals surface area contributed by atoms with Crippen molar-refractivity contribution in [3.05, 3.63) is 69.7 Å². The number of hydrogen-bond donors (Lipinski definition) is 1. The van der Waals surface area contributed by atoms with E-state index < -0.39 is 0 Å². The third-order valence-corrected chi connectivity index (χ3v) is 4.27. The number of hydrogen-bond acceptors (Lipinski definition) is 1. The van der Waals surface area contributed by atoms with Crippen LogP contribution in [0.15, 0.2) is 48.5 Å². The van der Waals surface area contributed by atoms with Crippen LogP contribution in [0.25, 0.3) is 0 Å². The third-order valence-electron chi connectivity index (χ3n) is 3.67. The molecule has 0 amide bonds. The van der Waals surface area contributed by atoms with Gasteiger partial charge in [0.15, 0.2) is 0 Å². The highest BCUT2D eigenvalue weighted by Gasteiger charge is 2.16. The van der Waals surface area contributed by atoms with Crippen molar-refractivity contribution in [2.75, 3.05) is 0 Å². The zero-order valence-electron chi connectivity index (χ0n) is 12.4. The van der Waals surface area contributed by atoms with Crippen LogP contribution >= 0.6 is 23.2 Å². The van der Waals surface area contributed by atoms with Crippen LogP contribution in [0.5, 0.6) is 0 Å². The normalized spacial score (nSPS) is 13.9. The van der Waals surface area contributed by atoms with E-state index in [2.05, 4.69) is 37.4 Å². The molecule has 1 N–H and O–H groups in total. The Morgan fingerprint density at radius 1 is 1.00 bits per heavy atom. The van der Waals surface area contributed by atoms with Gasteiger partial charge < -0.3 is 5.32 Å². The lowest BCUT2D eigenvalue weighted by atomic mass is 9.99. The molecule has 21 heavy (non-hydrogen) atoms. The van der Waals surface area contributed by atoms with E-state index in [0.29, 0.717) is 6.04 Å². The summed E-state index contributed by atoms with van der Waals surface area (Å²) in [5.41, 5.74) is 2.40. The Morgan fingerprint density at radius 2 is 1.67 bits per heavy atom. The van der Waals surface area contributed by atoms with Gasteiger partial charge >= 0.3 is 0 Å². The molecule has 0 aliphatic rings. The van der Waals surface area contributed by atoms with E-state index in [-0.39, 0.29) is 6.04 Å². The predicted octanol–water partition coefficient (Wildman–Crippen LogP) is 6.19. The van der Waals surface area contributed by atoms with Crippen LogP contribution in [0.1, 0.15) is 49.9 Å². The van der Waals surface area contributed by atoms with Crippen LogP contribution in [0.4, 0.5) is 0 Å². The fourth-order valence-electron chi connectivity index (χ4n) is 2.55. The van der Waals surface area contributed by atoms with Crippen LogP contribution in [0, 0.1) is 0 Å². The van der Waals surface area contributed by atoms with Crippen molar-refractivity contribution in [2.45, 2.75) is 38.8 Å². The molecule has 112 valence electrons. The molecule has 0 saturated carbocycles. The standard InChI is InChI=1S/C18H21Cl2N/c1-3-6-18(14-9-11-15(19)12-10-14)21-13(2)16-7-4-5-8-17(16)20/h4-5,7-13,18,21H,3,6H2,1-2H3/t13-,18?/m1/s1. The van der Waals surface area contributed by atoms with E-state index in [0.717, 1.165) is 28.5 Å². The monoisotopic (exact) mass is 321 g/mol. The fraction of sp³-hybridized carbons (Fsp3) is 0.333. The molecule has 1 nitrogen and oxygen atoms in total. The van der Waals surface area contributed by atoms with Crippen LogP contribution < -0.4 is 5.32 Å². The Balaban J connectivity index is 2.16. The second-order valence-electron chi connectivity index (χ2n) is 5.30. The molecule has 3 heteroatoms. The minimum absolute atomic E-state index is 0.200. The highest BCUT2D eigenvalue weighted by atomic mass is 35.5. The largest absolute Gasteiger partial charge is 0.303 e. The van der Waals surface area contributed by atoms with Crippen LogP contribution in [0.3, 0.4) is 0 Å². The molecule has 2 aromatic rings. The summed E-state index contributed by atoms with van der Waals surface area (Å²) in [4.78, 5) is 0. The molecule has 0 aliphatic carbocycles. The third kappa shape index (κ3) is 4.47. The number of benzene rings is 2. The molecule has 0 saturated heterocycles. The molecule has 0 fully saturated rings. The summed E-state index contributed by atoms with van der Waals surface area (Å²) in [6, 6.07) is 16.6. The van der Waals surface area contributed by atoms with Gasteiger partial charge in [0.25, 0.3) is 0 Å². The zero-order chi connectivity index (χ0) is 15.2. The van der Waals surface area contributed by atoms with Crippen molar-refractivity contribution in [3.8, 4) is 0 Å². The number of rotatable bonds is 6. The predicted molar refractivity (Wildman–Crippen MR) is 92.1 cm³/mol. The van der Waals surface area contributed by atoms with E-state index in [1.807, 2.05) is 30.3 Å². The molecule has 0 aliphatic heterocycles. The van der Waals surface area contributed by atoms with Gasteiger partial charge in [-0.05, 0) is 42.7 Å². The molecule has 2 aromatic carbocycles. The van der Waals surface area contributed by atoms with E-state index in [1.54, 1.807) is 0 Å². The molecular formula is C18H21Cl2N. The molecule has 2 rings (SSSR count). The summed E-state index contributed by atoms with van der Waals surface area (Å²) in [6.45, 7) is 4.35. The summed E-state index contributed by atoms with van der Waals surface area (Å²) in [7, 11) is 0. The molecule has 0 spiro atoms. The van der Waals surface area contributed by atoms with Gasteiger partial charge in [0.1, 0.15) is 0 Å². The van der Waals surface area contributed by atoms with Gasteiger partial charge in [0, 0.05) is 22.1 Å². The smallest absolute Gasteiger partial charge is 0.0453 e. The molecular weight excluding hydrogens is 301 g/mol. The lowest BCUT2D eigenvalue weighted by Crippen LogP contribution is -2.24. The molecule has 1 unspecified atom stereocenters. The number of nitrogens with one attached hydrogen (secondary N) is 1. The fourth-order valence-corrected chi connectivity index (χ4v) is 2.97. The molecule has 0 aromatic heterocycles. The summed E-state index contributed by atoms with van der Waals surface area (Å²) >= 11 is 12.3. The molecule has 2 atom stereocenters. The summed E-state index contributed by atoms with van der Waals surface area (Å²) in [6.07, 6.45) is 2.20. The average molecular weight is 322 g/mol. The Hall–Kier alpha value is -1.02. The van der Waals surface area contributed by atoms with E-state index in [1.165, 1.54) is 5.56 Å². The minimum atomic E-state index is 0.200. The van der Waals surface area contributed by atoms with Gasteiger partial charge in [-0.25, -0.2) is 0 Å². The number of halogens is 2. The Bertz CT molecular complexity index is 566. The van der Waals surface area contributed by atoms with Gasteiger partial charge in [-0.3, -0.25) is 0 Å². The minimum Gasteiger partial charge on any atom is -0.303 e. The lowest BCUT2D eigenvalue weighted by molar-refractivity contribution is 0.439. The van der Waals surface area contributed by atoms with E-state index >= 15 is 0 Å². The van der Waals surface area contributed by atoms with Gasteiger partial charge in [0.2, 0.25) is 0 Å². The lowest BCUT2D eigenvalue weighted by Gasteiger charge is -2.24.